The van der Waals surface area contributed by atoms with Gasteiger partial charge in [0.15, 0.2) is 0 Å². The Morgan fingerprint density at radius 1 is 1.08 bits per heavy atom. The smallest absolute Gasteiger partial charge is 0.321 e. The van der Waals surface area contributed by atoms with Gasteiger partial charge in [0.2, 0.25) is 0 Å². The maximum atomic E-state index is 11.5. The minimum absolute atomic E-state index is 0.390. The zero-order valence-electron chi connectivity index (χ0n) is 14.0. The van der Waals surface area contributed by atoms with E-state index in [0.29, 0.717) is 13.0 Å². The van der Waals surface area contributed by atoms with E-state index in [1.165, 1.54) is 0 Å². The zero-order chi connectivity index (χ0) is 17.6. The maximum absolute atomic E-state index is 11.5. The van der Waals surface area contributed by atoms with E-state index < -0.39 is 12.0 Å². The predicted molar refractivity (Wildman–Crippen MR) is 94.8 cm³/mol. The van der Waals surface area contributed by atoms with Crippen LogP contribution in [0.1, 0.15) is 11.3 Å². The van der Waals surface area contributed by atoms with Gasteiger partial charge in [0.1, 0.15) is 6.04 Å². The van der Waals surface area contributed by atoms with Gasteiger partial charge in [-0.15, -0.1) is 0 Å². The Morgan fingerprint density at radius 3 is 2.36 bits per heavy atom. The molecule has 2 heterocycles. The number of rotatable bonds is 7. The molecule has 3 rings (SSSR count). The SMILES string of the molecule is Cn1nccc1CC(NCc1ccc(-c2ccncc2)cc1)C(=O)O. The normalized spacial score (nSPS) is 12.0. The van der Waals surface area contributed by atoms with Crippen LogP contribution in [0.2, 0.25) is 0 Å². The molecule has 6 nitrogen and oxygen atoms in total. The van der Waals surface area contributed by atoms with E-state index in [1.807, 2.05) is 49.5 Å². The molecule has 6 heteroatoms. The van der Waals surface area contributed by atoms with Gasteiger partial charge in [-0.25, -0.2) is 0 Å². The Bertz CT molecular complexity index is 828. The Morgan fingerprint density at radius 2 is 1.76 bits per heavy atom. The maximum Gasteiger partial charge on any atom is 0.321 e. The standard InChI is InChI=1S/C19H20N4O2/c1-23-17(8-11-22-23)12-18(19(24)25)21-13-14-2-4-15(5-3-14)16-6-9-20-10-7-16/h2-11,18,21H,12-13H2,1H3,(H,24,25). The van der Waals surface area contributed by atoms with Gasteiger partial charge in [-0.05, 0) is 34.9 Å². The number of carbonyl (C=O) groups is 1. The molecule has 1 aromatic carbocycles. The highest BCUT2D eigenvalue weighted by molar-refractivity contribution is 5.73. The number of pyridine rings is 1. The number of aromatic nitrogens is 3. The monoisotopic (exact) mass is 336 g/mol. The van der Waals surface area contributed by atoms with Crippen LogP contribution in [0, 0.1) is 0 Å². The van der Waals surface area contributed by atoms with Crippen LogP contribution in [-0.4, -0.2) is 31.9 Å². The Kier molecular flexibility index (Phi) is 5.20. The van der Waals surface area contributed by atoms with E-state index in [4.69, 9.17) is 0 Å². The summed E-state index contributed by atoms with van der Waals surface area (Å²) in [4.78, 5) is 15.5. The number of nitrogens with one attached hydrogen (secondary N) is 1. The molecule has 0 amide bonds. The van der Waals surface area contributed by atoms with Crippen molar-refractivity contribution in [2.24, 2.45) is 7.05 Å². The van der Waals surface area contributed by atoms with Crippen LogP contribution in [-0.2, 0) is 24.8 Å². The quantitative estimate of drug-likeness (QED) is 0.692. The Labute approximate surface area is 146 Å². The lowest BCUT2D eigenvalue weighted by atomic mass is 10.0. The first-order valence-electron chi connectivity index (χ1n) is 8.06. The van der Waals surface area contributed by atoms with E-state index in [2.05, 4.69) is 15.4 Å². The third-order valence-electron chi connectivity index (χ3n) is 4.15. The molecule has 0 aliphatic carbocycles. The lowest BCUT2D eigenvalue weighted by molar-refractivity contribution is -0.139. The van der Waals surface area contributed by atoms with Crippen LogP contribution in [0.5, 0.6) is 0 Å². The second-order valence-corrected chi connectivity index (χ2v) is 5.85. The molecular weight excluding hydrogens is 316 g/mol. The molecule has 0 saturated carbocycles. The van der Waals surface area contributed by atoms with E-state index in [-0.39, 0.29) is 0 Å². The van der Waals surface area contributed by atoms with E-state index in [0.717, 1.165) is 22.4 Å². The summed E-state index contributed by atoms with van der Waals surface area (Å²) in [7, 11) is 1.81. The van der Waals surface area contributed by atoms with Crippen LogP contribution in [0.25, 0.3) is 11.1 Å². The molecular formula is C19H20N4O2. The molecule has 0 aliphatic rings. The number of benzene rings is 1. The minimum atomic E-state index is -0.866. The molecule has 3 aromatic rings. The van der Waals surface area contributed by atoms with Crippen LogP contribution >= 0.6 is 0 Å². The van der Waals surface area contributed by atoms with E-state index >= 15 is 0 Å². The number of nitrogens with zero attached hydrogens (tertiary/aromatic N) is 3. The van der Waals surface area contributed by atoms with E-state index in [9.17, 15) is 9.90 Å². The topological polar surface area (TPSA) is 80.0 Å². The van der Waals surface area contributed by atoms with Crippen LogP contribution < -0.4 is 5.32 Å². The predicted octanol–water partition coefficient (Wildman–Crippen LogP) is 2.27. The molecule has 0 saturated heterocycles. The van der Waals surface area contributed by atoms with Gasteiger partial charge in [-0.1, -0.05) is 24.3 Å². The molecule has 2 aromatic heterocycles. The van der Waals surface area contributed by atoms with Crippen molar-refractivity contribution in [1.82, 2.24) is 20.1 Å². The van der Waals surface area contributed by atoms with Gasteiger partial charge in [0.05, 0.1) is 0 Å². The van der Waals surface area contributed by atoms with Crippen LogP contribution in [0.15, 0.2) is 61.1 Å². The van der Waals surface area contributed by atoms with Crippen molar-refractivity contribution < 1.29 is 9.90 Å². The summed E-state index contributed by atoms with van der Waals surface area (Å²) < 4.78 is 1.70. The molecule has 0 aliphatic heterocycles. The number of carboxylic acid groups (broad SMARTS) is 1. The number of aliphatic carboxylic acids is 1. The van der Waals surface area contributed by atoms with Gasteiger partial charge >= 0.3 is 5.97 Å². The second kappa shape index (κ2) is 7.72. The third-order valence-corrected chi connectivity index (χ3v) is 4.15. The summed E-state index contributed by atoms with van der Waals surface area (Å²) >= 11 is 0. The molecule has 1 unspecified atom stereocenters. The highest BCUT2D eigenvalue weighted by Crippen LogP contribution is 2.18. The van der Waals surface area contributed by atoms with Gasteiger partial charge < -0.3 is 5.11 Å². The molecule has 1 atom stereocenters. The third kappa shape index (κ3) is 4.30. The van der Waals surface area contributed by atoms with Crippen molar-refractivity contribution in [1.29, 1.82) is 0 Å². The first-order chi connectivity index (χ1) is 12.1. The molecule has 25 heavy (non-hydrogen) atoms. The minimum Gasteiger partial charge on any atom is -0.480 e. The van der Waals surface area contributed by atoms with Crippen molar-refractivity contribution in [3.8, 4) is 11.1 Å². The average Bonchev–Trinajstić information content (AvgIpc) is 3.04. The number of hydrogen-bond donors (Lipinski definition) is 2. The zero-order valence-corrected chi connectivity index (χ0v) is 14.0. The Hall–Kier alpha value is -2.99. The fourth-order valence-corrected chi connectivity index (χ4v) is 2.66. The highest BCUT2D eigenvalue weighted by atomic mass is 16.4. The van der Waals surface area contributed by atoms with E-state index in [1.54, 1.807) is 23.3 Å². The number of carboxylic acids is 1. The lowest BCUT2D eigenvalue weighted by Gasteiger charge is -2.15. The largest absolute Gasteiger partial charge is 0.480 e. The molecule has 2 N–H and O–H groups in total. The second-order valence-electron chi connectivity index (χ2n) is 5.85. The molecule has 0 radical (unpaired) electrons. The van der Waals surface area contributed by atoms with Crippen molar-refractivity contribution >= 4 is 5.97 Å². The van der Waals surface area contributed by atoms with Gasteiger partial charge in [-0.3, -0.25) is 19.8 Å². The summed E-state index contributed by atoms with van der Waals surface area (Å²) in [6, 6.07) is 13.2. The summed E-state index contributed by atoms with van der Waals surface area (Å²) in [5.41, 5.74) is 4.13. The first-order valence-corrected chi connectivity index (χ1v) is 8.06. The van der Waals surface area contributed by atoms with Crippen molar-refractivity contribution in [3.63, 3.8) is 0 Å². The van der Waals surface area contributed by atoms with Crippen LogP contribution in [0.4, 0.5) is 0 Å². The summed E-state index contributed by atoms with van der Waals surface area (Å²) in [5.74, 6) is -0.866. The van der Waals surface area contributed by atoms with Crippen molar-refractivity contribution in [2.45, 2.75) is 19.0 Å². The summed E-state index contributed by atoms with van der Waals surface area (Å²) in [5, 5.41) is 16.6. The lowest BCUT2D eigenvalue weighted by Crippen LogP contribution is -2.38. The van der Waals surface area contributed by atoms with Gasteiger partial charge in [0.25, 0.3) is 0 Å². The number of hydrogen-bond acceptors (Lipinski definition) is 4. The summed E-state index contributed by atoms with van der Waals surface area (Å²) in [6.07, 6.45) is 5.59. The highest BCUT2D eigenvalue weighted by Gasteiger charge is 2.18. The Balaban J connectivity index is 1.63. The molecule has 0 spiro atoms. The summed E-state index contributed by atoms with van der Waals surface area (Å²) in [6.45, 7) is 0.492. The first kappa shape index (κ1) is 16.9. The van der Waals surface area contributed by atoms with Crippen molar-refractivity contribution in [2.75, 3.05) is 0 Å². The van der Waals surface area contributed by atoms with Crippen LogP contribution in [0.3, 0.4) is 0 Å². The van der Waals surface area contributed by atoms with Crippen molar-refractivity contribution in [3.05, 3.63) is 72.3 Å². The molecule has 0 fully saturated rings. The molecule has 128 valence electrons. The average molecular weight is 336 g/mol. The molecule has 0 bridgehead atoms. The fourth-order valence-electron chi connectivity index (χ4n) is 2.66. The van der Waals surface area contributed by atoms with Gasteiger partial charge in [-0.2, -0.15) is 5.10 Å². The fraction of sp³-hybridized carbons (Fsp3) is 0.211. The number of aryl methyl sites for hydroxylation is 1. The van der Waals surface area contributed by atoms with Gasteiger partial charge in [0, 0.05) is 44.3 Å².